The van der Waals surface area contributed by atoms with Gasteiger partial charge in [0, 0.05) is 28.4 Å². The van der Waals surface area contributed by atoms with E-state index in [-0.39, 0.29) is 11.5 Å². The molecular formula is C12H11NO2S. The number of phenolic OH excluding ortho intramolecular Hbond substituents is 2. The smallest absolute Gasteiger partial charge is 0.158 e. The van der Waals surface area contributed by atoms with E-state index in [0.29, 0.717) is 0 Å². The summed E-state index contributed by atoms with van der Waals surface area (Å²) in [6, 6.07) is 3.28. The normalized spacial score (nSPS) is 14.9. The van der Waals surface area contributed by atoms with Gasteiger partial charge in [0.1, 0.15) is 0 Å². The summed E-state index contributed by atoms with van der Waals surface area (Å²) in [7, 11) is 0. The molecule has 1 aromatic heterocycles. The minimum absolute atomic E-state index is 0.0479. The SMILES string of the molecule is CC1=NCCc2c1sc1cc(O)c(O)cc21. The van der Waals surface area contributed by atoms with Crippen molar-refractivity contribution >= 4 is 27.1 Å². The summed E-state index contributed by atoms with van der Waals surface area (Å²) in [6.07, 6.45) is 0.914. The van der Waals surface area contributed by atoms with Crippen LogP contribution in [0.15, 0.2) is 17.1 Å². The number of benzene rings is 1. The second kappa shape index (κ2) is 3.22. The minimum atomic E-state index is -0.0549. The van der Waals surface area contributed by atoms with Gasteiger partial charge < -0.3 is 10.2 Å². The molecule has 4 heteroatoms. The zero-order valence-corrected chi connectivity index (χ0v) is 9.64. The Labute approximate surface area is 96.7 Å². The lowest BCUT2D eigenvalue weighted by Gasteiger charge is -2.09. The third kappa shape index (κ3) is 1.23. The van der Waals surface area contributed by atoms with E-state index in [9.17, 15) is 10.2 Å². The van der Waals surface area contributed by atoms with Gasteiger partial charge in [-0.3, -0.25) is 4.99 Å². The molecule has 0 saturated carbocycles. The monoisotopic (exact) mass is 233 g/mol. The first kappa shape index (κ1) is 9.66. The van der Waals surface area contributed by atoms with Gasteiger partial charge in [-0.2, -0.15) is 0 Å². The van der Waals surface area contributed by atoms with Crippen LogP contribution in [0.5, 0.6) is 11.5 Å². The fraction of sp³-hybridized carbons (Fsp3) is 0.250. The Morgan fingerprint density at radius 1 is 1.25 bits per heavy atom. The van der Waals surface area contributed by atoms with Crippen LogP contribution >= 0.6 is 11.3 Å². The number of aliphatic imine (C=N–C) groups is 1. The summed E-state index contributed by atoms with van der Waals surface area (Å²) in [4.78, 5) is 5.60. The highest BCUT2D eigenvalue weighted by molar-refractivity contribution is 7.21. The first-order chi connectivity index (χ1) is 7.66. The van der Waals surface area contributed by atoms with Crippen molar-refractivity contribution in [1.82, 2.24) is 0 Å². The van der Waals surface area contributed by atoms with Gasteiger partial charge in [0.05, 0.1) is 4.88 Å². The zero-order chi connectivity index (χ0) is 11.3. The molecular weight excluding hydrogens is 222 g/mol. The van der Waals surface area contributed by atoms with E-state index >= 15 is 0 Å². The van der Waals surface area contributed by atoms with Crippen molar-refractivity contribution in [1.29, 1.82) is 0 Å². The van der Waals surface area contributed by atoms with E-state index in [2.05, 4.69) is 4.99 Å². The van der Waals surface area contributed by atoms with Crippen molar-refractivity contribution in [3.63, 3.8) is 0 Å². The highest BCUT2D eigenvalue weighted by Crippen LogP contribution is 2.39. The van der Waals surface area contributed by atoms with Crippen LogP contribution in [0.1, 0.15) is 17.4 Å². The van der Waals surface area contributed by atoms with E-state index in [1.807, 2.05) is 6.92 Å². The molecule has 2 N–H and O–H groups in total. The molecule has 0 bridgehead atoms. The fourth-order valence-electron chi connectivity index (χ4n) is 2.12. The molecule has 3 nitrogen and oxygen atoms in total. The van der Waals surface area contributed by atoms with Gasteiger partial charge in [-0.25, -0.2) is 0 Å². The first-order valence-corrected chi connectivity index (χ1v) is 5.97. The molecule has 1 aliphatic rings. The fourth-order valence-corrected chi connectivity index (χ4v) is 3.35. The van der Waals surface area contributed by atoms with E-state index < -0.39 is 0 Å². The molecule has 0 unspecified atom stereocenters. The summed E-state index contributed by atoms with van der Waals surface area (Å²) in [5, 5.41) is 20.0. The summed E-state index contributed by atoms with van der Waals surface area (Å²) < 4.78 is 1.01. The maximum atomic E-state index is 9.53. The lowest BCUT2D eigenvalue weighted by Crippen LogP contribution is -2.06. The second-order valence-corrected chi connectivity index (χ2v) is 5.02. The Morgan fingerprint density at radius 2 is 2.00 bits per heavy atom. The third-order valence-corrected chi connectivity index (χ3v) is 4.23. The first-order valence-electron chi connectivity index (χ1n) is 5.15. The number of hydrogen-bond donors (Lipinski definition) is 2. The number of phenols is 2. The summed E-state index contributed by atoms with van der Waals surface area (Å²) in [5.41, 5.74) is 2.31. The van der Waals surface area contributed by atoms with Crippen molar-refractivity contribution in [2.75, 3.05) is 6.54 Å². The second-order valence-electron chi connectivity index (χ2n) is 3.96. The van der Waals surface area contributed by atoms with Crippen LogP contribution in [0.25, 0.3) is 10.1 Å². The summed E-state index contributed by atoms with van der Waals surface area (Å²) in [5.74, 6) is -0.103. The van der Waals surface area contributed by atoms with Crippen LogP contribution in [-0.2, 0) is 6.42 Å². The standard InChI is InChI=1S/C12H11NO2S/c1-6-12-7(2-3-13-6)8-4-9(14)10(15)5-11(8)16-12/h4-5,14-15H,2-3H2,1H3. The molecule has 0 atom stereocenters. The van der Waals surface area contributed by atoms with Gasteiger partial charge in [0.25, 0.3) is 0 Å². The van der Waals surface area contributed by atoms with Gasteiger partial charge in [0.15, 0.2) is 11.5 Å². The molecule has 16 heavy (non-hydrogen) atoms. The van der Waals surface area contributed by atoms with Crippen LogP contribution in [0.4, 0.5) is 0 Å². The Morgan fingerprint density at radius 3 is 2.81 bits per heavy atom. The van der Waals surface area contributed by atoms with Crippen molar-refractivity contribution in [3.8, 4) is 11.5 Å². The predicted octanol–water partition coefficient (Wildman–Crippen LogP) is 2.68. The third-order valence-electron chi connectivity index (χ3n) is 2.93. The van der Waals surface area contributed by atoms with Crippen LogP contribution in [0.3, 0.4) is 0 Å². The van der Waals surface area contributed by atoms with Crippen molar-refractivity contribution in [3.05, 3.63) is 22.6 Å². The van der Waals surface area contributed by atoms with Crippen LogP contribution in [0, 0.1) is 0 Å². The van der Waals surface area contributed by atoms with Crippen LogP contribution in [-0.4, -0.2) is 22.5 Å². The largest absolute Gasteiger partial charge is 0.504 e. The van der Waals surface area contributed by atoms with E-state index in [0.717, 1.165) is 28.8 Å². The maximum absolute atomic E-state index is 9.53. The summed E-state index contributed by atoms with van der Waals surface area (Å²) in [6.45, 7) is 2.82. The Bertz CT molecular complexity index is 613. The van der Waals surface area contributed by atoms with E-state index in [1.165, 1.54) is 10.4 Å². The minimum Gasteiger partial charge on any atom is -0.504 e. The lowest BCUT2D eigenvalue weighted by molar-refractivity contribution is 0.405. The van der Waals surface area contributed by atoms with Gasteiger partial charge in [0.2, 0.25) is 0 Å². The molecule has 0 amide bonds. The van der Waals surface area contributed by atoms with Crippen molar-refractivity contribution in [2.24, 2.45) is 4.99 Å². The van der Waals surface area contributed by atoms with Crippen molar-refractivity contribution in [2.45, 2.75) is 13.3 Å². The molecule has 0 aliphatic carbocycles. The predicted molar refractivity (Wildman–Crippen MR) is 65.9 cm³/mol. The van der Waals surface area contributed by atoms with Gasteiger partial charge >= 0.3 is 0 Å². The number of thiophene rings is 1. The average Bonchev–Trinajstić information content (AvgIpc) is 2.59. The highest BCUT2D eigenvalue weighted by Gasteiger charge is 2.18. The highest BCUT2D eigenvalue weighted by atomic mass is 32.1. The maximum Gasteiger partial charge on any atom is 0.158 e. The topological polar surface area (TPSA) is 52.8 Å². The number of fused-ring (bicyclic) bond motifs is 3. The average molecular weight is 233 g/mol. The number of hydrogen-bond acceptors (Lipinski definition) is 4. The molecule has 0 fully saturated rings. The molecule has 1 aromatic carbocycles. The molecule has 2 heterocycles. The quantitative estimate of drug-likeness (QED) is 0.687. The molecule has 0 spiro atoms. The van der Waals surface area contributed by atoms with E-state index in [4.69, 9.17) is 0 Å². The number of rotatable bonds is 0. The van der Waals surface area contributed by atoms with Crippen molar-refractivity contribution < 1.29 is 10.2 Å². The Kier molecular flexibility index (Phi) is 1.94. The van der Waals surface area contributed by atoms with Gasteiger partial charge in [-0.05, 0) is 25.0 Å². The Balaban J connectivity index is 2.38. The molecule has 0 radical (unpaired) electrons. The molecule has 2 aromatic rings. The van der Waals surface area contributed by atoms with Crippen LogP contribution in [0.2, 0.25) is 0 Å². The van der Waals surface area contributed by atoms with Gasteiger partial charge in [-0.1, -0.05) is 0 Å². The number of aromatic hydroxyl groups is 2. The molecule has 1 aliphatic heterocycles. The Hall–Kier alpha value is -1.55. The van der Waals surface area contributed by atoms with Crippen LogP contribution < -0.4 is 0 Å². The summed E-state index contributed by atoms with van der Waals surface area (Å²) >= 11 is 1.63. The molecule has 82 valence electrons. The molecule has 0 saturated heterocycles. The van der Waals surface area contributed by atoms with E-state index in [1.54, 1.807) is 23.5 Å². The van der Waals surface area contributed by atoms with Gasteiger partial charge in [-0.15, -0.1) is 11.3 Å². The lowest BCUT2D eigenvalue weighted by atomic mass is 10.0. The number of nitrogens with zero attached hydrogens (tertiary/aromatic N) is 1. The zero-order valence-electron chi connectivity index (χ0n) is 8.82. The molecule has 3 rings (SSSR count).